The van der Waals surface area contributed by atoms with E-state index >= 15 is 0 Å². The molecular formula is C24H28O6S. The topological polar surface area (TPSA) is 63.2 Å². The normalized spacial score (nSPS) is 30.4. The minimum Gasteiger partial charge on any atom is -0.456 e. The molecule has 2 aromatic rings. The molecule has 7 heteroatoms. The first-order valence-electron chi connectivity index (χ1n) is 10.6. The van der Waals surface area contributed by atoms with E-state index in [1.165, 1.54) is 6.92 Å². The Bertz CT molecular complexity index is 832. The maximum Gasteiger partial charge on any atom is 0.303 e. The van der Waals surface area contributed by atoms with Crippen molar-refractivity contribution in [3.8, 4) is 0 Å². The van der Waals surface area contributed by atoms with Crippen LogP contribution in [-0.4, -0.2) is 48.2 Å². The summed E-state index contributed by atoms with van der Waals surface area (Å²) in [5.74, 6) is 0.452. The molecule has 0 spiro atoms. The first kappa shape index (κ1) is 22.3. The Labute approximate surface area is 187 Å². The second-order valence-electron chi connectivity index (χ2n) is 7.51. The zero-order valence-corrected chi connectivity index (χ0v) is 18.5. The van der Waals surface area contributed by atoms with Crippen molar-refractivity contribution in [2.45, 2.75) is 56.6 Å². The molecular weight excluding hydrogens is 416 g/mol. The number of thioether (sulfide) groups is 1. The van der Waals surface area contributed by atoms with Crippen molar-refractivity contribution in [2.75, 3.05) is 12.4 Å². The molecule has 166 valence electrons. The third-order valence-electron chi connectivity index (χ3n) is 5.27. The van der Waals surface area contributed by atoms with E-state index in [0.29, 0.717) is 13.2 Å². The first-order valence-corrected chi connectivity index (χ1v) is 11.6. The molecule has 4 unspecified atom stereocenters. The molecule has 0 saturated carbocycles. The zero-order chi connectivity index (χ0) is 21.6. The Morgan fingerprint density at radius 2 is 1.74 bits per heavy atom. The van der Waals surface area contributed by atoms with E-state index in [0.717, 1.165) is 16.9 Å². The molecule has 0 aromatic heterocycles. The molecule has 2 saturated heterocycles. The van der Waals surface area contributed by atoms with Gasteiger partial charge in [0.05, 0.1) is 13.2 Å². The van der Waals surface area contributed by atoms with Gasteiger partial charge in [-0.2, -0.15) is 0 Å². The maximum absolute atomic E-state index is 11.9. The van der Waals surface area contributed by atoms with Gasteiger partial charge in [0.15, 0.2) is 12.4 Å². The van der Waals surface area contributed by atoms with Crippen molar-refractivity contribution in [3.05, 3.63) is 71.8 Å². The van der Waals surface area contributed by atoms with Gasteiger partial charge in [-0.3, -0.25) is 4.79 Å². The summed E-state index contributed by atoms with van der Waals surface area (Å²) in [5.41, 5.74) is 1.62. The van der Waals surface area contributed by atoms with E-state index in [1.54, 1.807) is 11.8 Å². The lowest BCUT2D eigenvalue weighted by atomic mass is 9.98. The number of carbonyl (C=O) groups excluding carboxylic acids is 1. The second-order valence-corrected chi connectivity index (χ2v) is 8.89. The van der Waals surface area contributed by atoms with Crippen molar-refractivity contribution < 1.29 is 28.5 Å². The van der Waals surface area contributed by atoms with Crippen LogP contribution in [-0.2, 0) is 35.1 Å². The predicted molar refractivity (Wildman–Crippen MR) is 117 cm³/mol. The third-order valence-corrected chi connectivity index (χ3v) is 6.32. The van der Waals surface area contributed by atoms with Gasteiger partial charge in [-0.1, -0.05) is 67.6 Å². The lowest BCUT2D eigenvalue weighted by molar-refractivity contribution is -0.326. The minimum atomic E-state index is -0.582. The number of hydrogen-bond acceptors (Lipinski definition) is 7. The molecule has 0 radical (unpaired) electrons. The number of esters is 1. The molecule has 6 nitrogen and oxygen atoms in total. The summed E-state index contributed by atoms with van der Waals surface area (Å²) >= 11 is 1.59. The van der Waals surface area contributed by atoms with Gasteiger partial charge < -0.3 is 23.7 Å². The monoisotopic (exact) mass is 444 g/mol. The van der Waals surface area contributed by atoms with Gasteiger partial charge in [-0.15, -0.1) is 11.8 Å². The number of hydrogen-bond donors (Lipinski definition) is 0. The molecule has 2 heterocycles. The van der Waals surface area contributed by atoms with Crippen LogP contribution in [0.15, 0.2) is 60.7 Å². The van der Waals surface area contributed by atoms with Crippen LogP contribution >= 0.6 is 11.8 Å². The molecule has 0 N–H and O–H groups in total. The average Bonchev–Trinajstić information content (AvgIpc) is 2.79. The standard InChI is InChI=1S/C24H28O6S/c1-3-31-24-22(28-16(2)25)21(26-14-17-10-6-4-7-11-17)20-19(29-24)15-27-23(30-20)18-12-8-5-9-13-18/h4-13,19-24H,3,14-15H2,1-2H3/t19?,20-,21?,22+,23?,24?/m1/s1. The molecule has 6 atom stereocenters. The molecule has 0 amide bonds. The van der Waals surface area contributed by atoms with Gasteiger partial charge in [-0.25, -0.2) is 0 Å². The highest BCUT2D eigenvalue weighted by Gasteiger charge is 2.52. The lowest BCUT2D eigenvalue weighted by Gasteiger charge is -2.48. The quantitative estimate of drug-likeness (QED) is 0.596. The number of ether oxygens (including phenoxy) is 5. The fourth-order valence-corrected chi connectivity index (χ4v) is 4.85. The summed E-state index contributed by atoms with van der Waals surface area (Å²) in [6, 6.07) is 19.7. The van der Waals surface area contributed by atoms with Gasteiger partial charge in [0.25, 0.3) is 0 Å². The fraction of sp³-hybridized carbons (Fsp3) is 0.458. The highest BCUT2D eigenvalue weighted by molar-refractivity contribution is 7.99. The van der Waals surface area contributed by atoms with Crippen LogP contribution in [0, 0.1) is 0 Å². The van der Waals surface area contributed by atoms with Crippen molar-refractivity contribution >= 4 is 17.7 Å². The first-order chi connectivity index (χ1) is 15.2. The molecule has 0 aliphatic carbocycles. The second kappa shape index (κ2) is 10.6. The van der Waals surface area contributed by atoms with E-state index in [-0.39, 0.29) is 17.5 Å². The average molecular weight is 445 g/mol. The van der Waals surface area contributed by atoms with Crippen LogP contribution in [0.2, 0.25) is 0 Å². The van der Waals surface area contributed by atoms with E-state index in [2.05, 4.69) is 0 Å². The van der Waals surface area contributed by atoms with Crippen LogP contribution in [0.3, 0.4) is 0 Å². The van der Waals surface area contributed by atoms with Crippen LogP contribution in [0.5, 0.6) is 0 Å². The molecule has 2 fully saturated rings. The SMILES string of the molecule is CCSC1OC2COC(c3ccccc3)O[C@H]2C(OCc2ccccc2)[C@@H]1OC(C)=O. The Kier molecular flexibility index (Phi) is 7.63. The van der Waals surface area contributed by atoms with Crippen molar-refractivity contribution in [1.29, 1.82) is 0 Å². The van der Waals surface area contributed by atoms with Gasteiger partial charge in [-0.05, 0) is 11.3 Å². The van der Waals surface area contributed by atoms with Crippen molar-refractivity contribution in [2.24, 2.45) is 0 Å². The molecule has 2 aliphatic heterocycles. The van der Waals surface area contributed by atoms with Crippen LogP contribution in [0.25, 0.3) is 0 Å². The number of benzene rings is 2. The Morgan fingerprint density at radius 1 is 1.03 bits per heavy atom. The lowest BCUT2D eigenvalue weighted by Crippen LogP contribution is -2.62. The number of rotatable bonds is 7. The largest absolute Gasteiger partial charge is 0.456 e. The minimum absolute atomic E-state index is 0.309. The number of carbonyl (C=O) groups is 1. The summed E-state index contributed by atoms with van der Waals surface area (Å²) in [5, 5.41) is 0. The summed E-state index contributed by atoms with van der Waals surface area (Å²) < 4.78 is 30.7. The van der Waals surface area contributed by atoms with E-state index in [9.17, 15) is 4.79 Å². The van der Waals surface area contributed by atoms with Crippen LogP contribution in [0.1, 0.15) is 31.3 Å². The molecule has 31 heavy (non-hydrogen) atoms. The Morgan fingerprint density at radius 3 is 2.42 bits per heavy atom. The summed E-state index contributed by atoms with van der Waals surface area (Å²) in [4.78, 5) is 11.9. The molecule has 0 bridgehead atoms. The fourth-order valence-electron chi connectivity index (χ4n) is 3.90. The van der Waals surface area contributed by atoms with Crippen LogP contribution < -0.4 is 0 Å². The Balaban J connectivity index is 1.59. The van der Waals surface area contributed by atoms with Crippen molar-refractivity contribution in [3.63, 3.8) is 0 Å². The highest BCUT2D eigenvalue weighted by atomic mass is 32.2. The number of fused-ring (bicyclic) bond motifs is 1. The molecule has 4 rings (SSSR count). The van der Waals surface area contributed by atoms with Gasteiger partial charge in [0.2, 0.25) is 0 Å². The highest BCUT2D eigenvalue weighted by Crippen LogP contribution is 2.39. The van der Waals surface area contributed by atoms with Crippen molar-refractivity contribution in [1.82, 2.24) is 0 Å². The maximum atomic E-state index is 11.9. The molecule has 2 aliphatic rings. The smallest absolute Gasteiger partial charge is 0.303 e. The van der Waals surface area contributed by atoms with E-state index in [4.69, 9.17) is 23.7 Å². The van der Waals surface area contributed by atoms with Gasteiger partial charge in [0.1, 0.15) is 23.7 Å². The summed E-state index contributed by atoms with van der Waals surface area (Å²) in [6.07, 6.45) is -2.33. The summed E-state index contributed by atoms with van der Waals surface area (Å²) in [6.45, 7) is 4.22. The third kappa shape index (κ3) is 5.48. The Hall–Kier alpha value is -1.90. The van der Waals surface area contributed by atoms with Gasteiger partial charge >= 0.3 is 5.97 Å². The van der Waals surface area contributed by atoms with Gasteiger partial charge in [0, 0.05) is 12.5 Å². The summed E-state index contributed by atoms with van der Waals surface area (Å²) in [7, 11) is 0. The van der Waals surface area contributed by atoms with Crippen LogP contribution in [0.4, 0.5) is 0 Å². The predicted octanol–water partition coefficient (Wildman–Crippen LogP) is 4.10. The van der Waals surface area contributed by atoms with E-state index in [1.807, 2.05) is 67.6 Å². The van der Waals surface area contributed by atoms with E-state index < -0.39 is 24.6 Å². The molecule has 2 aromatic carbocycles. The zero-order valence-electron chi connectivity index (χ0n) is 17.7.